The summed E-state index contributed by atoms with van der Waals surface area (Å²) < 4.78 is 0. The average Bonchev–Trinajstić information content (AvgIpc) is 1.30. The van der Waals surface area contributed by atoms with Gasteiger partial charge in [0.1, 0.15) is 7.28 Å². The highest BCUT2D eigenvalue weighted by molar-refractivity contribution is 6.33. The van der Waals surface area contributed by atoms with Crippen molar-refractivity contribution in [1.29, 1.82) is 0 Å². The molecule has 0 aromatic heterocycles. The van der Waals surface area contributed by atoms with Gasteiger partial charge in [0.15, 0.2) is 0 Å². The highest BCUT2D eigenvalue weighted by atomic mass is 14.1. The zero-order chi connectivity index (χ0) is 5.91. The van der Waals surface area contributed by atoms with E-state index >= 15 is 0 Å². The third-order valence-electron chi connectivity index (χ3n) is 0.816. The van der Waals surface area contributed by atoms with Crippen molar-refractivity contribution in [3.63, 3.8) is 0 Å². The first-order valence-electron chi connectivity index (χ1n) is 2.84. The molecule has 0 heterocycles. The predicted octanol–water partition coefficient (Wildman–Crippen LogP) is 2.20. The highest BCUT2D eigenvalue weighted by Gasteiger charge is 2.06. The molecule has 0 atom stereocenters. The second-order valence-electron chi connectivity index (χ2n) is 3.17. The summed E-state index contributed by atoms with van der Waals surface area (Å²) in [6.07, 6.45) is 1.22. The molecule has 0 spiro atoms. The Morgan fingerprint density at radius 2 is 1.71 bits per heavy atom. The Bertz CT molecular complexity index is 42.6. The van der Waals surface area contributed by atoms with Crippen LogP contribution in [0.2, 0.25) is 13.1 Å². The summed E-state index contributed by atoms with van der Waals surface area (Å²) in [5, 5.41) is 0. The minimum Gasteiger partial charge on any atom is -0.0920 e. The van der Waals surface area contributed by atoms with Crippen LogP contribution < -0.4 is 0 Å². The molecule has 1 radical (unpaired) electrons. The molecule has 0 bridgehead atoms. The SMILES string of the molecule is C[B]CC(C)(C)C. The molecule has 0 saturated heterocycles. The molecule has 0 aliphatic carbocycles. The van der Waals surface area contributed by atoms with Crippen molar-refractivity contribution < 1.29 is 0 Å². The van der Waals surface area contributed by atoms with Gasteiger partial charge < -0.3 is 0 Å². The van der Waals surface area contributed by atoms with Crippen LogP contribution in [-0.4, -0.2) is 7.28 Å². The van der Waals surface area contributed by atoms with Crippen LogP contribution in [0.25, 0.3) is 0 Å². The Balaban J connectivity index is 3.15. The molecular formula is C6H14B. The number of hydrogen-bond acceptors (Lipinski definition) is 0. The molecule has 0 amide bonds. The standard InChI is InChI=1S/C6H14B/c1-6(2,3)5-7-4/h5H2,1-4H3. The Morgan fingerprint density at radius 3 is 1.71 bits per heavy atom. The zero-order valence-electron chi connectivity index (χ0n) is 5.78. The largest absolute Gasteiger partial charge is 0.106 e. The van der Waals surface area contributed by atoms with Crippen molar-refractivity contribution in [2.45, 2.75) is 33.9 Å². The molecule has 41 valence electrons. The van der Waals surface area contributed by atoms with Crippen molar-refractivity contribution in [3.8, 4) is 0 Å². The van der Waals surface area contributed by atoms with E-state index in [1.807, 2.05) is 0 Å². The van der Waals surface area contributed by atoms with Crippen LogP contribution in [0.1, 0.15) is 20.8 Å². The fourth-order valence-electron chi connectivity index (χ4n) is 0.612. The zero-order valence-corrected chi connectivity index (χ0v) is 5.78. The summed E-state index contributed by atoms with van der Waals surface area (Å²) in [6, 6.07) is 0. The van der Waals surface area contributed by atoms with Crippen LogP contribution in [-0.2, 0) is 0 Å². The Hall–Kier alpha value is 0.0649. The fraction of sp³-hybridized carbons (Fsp3) is 1.00. The van der Waals surface area contributed by atoms with Gasteiger partial charge in [-0.3, -0.25) is 0 Å². The van der Waals surface area contributed by atoms with Gasteiger partial charge in [-0.2, -0.15) is 0 Å². The molecule has 0 unspecified atom stereocenters. The molecule has 0 rings (SSSR count). The Kier molecular flexibility index (Phi) is 2.41. The molecule has 7 heavy (non-hydrogen) atoms. The summed E-state index contributed by atoms with van der Waals surface area (Å²) >= 11 is 0. The van der Waals surface area contributed by atoms with E-state index < -0.39 is 0 Å². The van der Waals surface area contributed by atoms with Gasteiger partial charge in [0.25, 0.3) is 0 Å². The third kappa shape index (κ3) is 6.06. The van der Waals surface area contributed by atoms with Gasteiger partial charge >= 0.3 is 0 Å². The van der Waals surface area contributed by atoms with E-state index in [1.54, 1.807) is 0 Å². The van der Waals surface area contributed by atoms with Crippen LogP contribution >= 0.6 is 0 Å². The van der Waals surface area contributed by atoms with Gasteiger partial charge in [-0.1, -0.05) is 33.9 Å². The molecule has 0 saturated carbocycles. The lowest BCUT2D eigenvalue weighted by molar-refractivity contribution is 0.467. The molecule has 0 N–H and O–H groups in total. The number of hydrogen-bond donors (Lipinski definition) is 0. The summed E-state index contributed by atoms with van der Waals surface area (Å²) in [4.78, 5) is 0. The van der Waals surface area contributed by atoms with E-state index in [9.17, 15) is 0 Å². The number of rotatable bonds is 1. The quantitative estimate of drug-likeness (QED) is 0.440. The minimum absolute atomic E-state index is 0.495. The maximum Gasteiger partial charge on any atom is 0.106 e. The first-order chi connectivity index (χ1) is 3.06. The highest BCUT2D eigenvalue weighted by Crippen LogP contribution is 2.17. The van der Waals surface area contributed by atoms with E-state index in [4.69, 9.17) is 0 Å². The lowest BCUT2D eigenvalue weighted by Crippen LogP contribution is -2.05. The Morgan fingerprint density at radius 1 is 1.29 bits per heavy atom. The summed E-state index contributed by atoms with van der Waals surface area (Å²) in [6.45, 7) is 8.83. The van der Waals surface area contributed by atoms with Crippen molar-refractivity contribution in [1.82, 2.24) is 0 Å². The van der Waals surface area contributed by atoms with Crippen LogP contribution in [0.5, 0.6) is 0 Å². The van der Waals surface area contributed by atoms with Gasteiger partial charge in [-0.25, -0.2) is 0 Å². The summed E-state index contributed by atoms with van der Waals surface area (Å²) in [5.41, 5.74) is 0.495. The van der Waals surface area contributed by atoms with Gasteiger partial charge in [-0.05, 0) is 5.41 Å². The third-order valence-corrected chi connectivity index (χ3v) is 0.816. The molecule has 1 heteroatoms. The van der Waals surface area contributed by atoms with Crippen molar-refractivity contribution in [3.05, 3.63) is 0 Å². The summed E-state index contributed by atoms with van der Waals surface area (Å²) in [5.74, 6) is 0. The van der Waals surface area contributed by atoms with Crippen LogP contribution in [0.3, 0.4) is 0 Å². The van der Waals surface area contributed by atoms with Gasteiger partial charge in [0.2, 0.25) is 0 Å². The second kappa shape index (κ2) is 2.39. The smallest absolute Gasteiger partial charge is 0.0920 e. The molecule has 0 aliphatic rings. The van der Waals surface area contributed by atoms with Crippen molar-refractivity contribution in [2.75, 3.05) is 0 Å². The van der Waals surface area contributed by atoms with Gasteiger partial charge in [-0.15, -0.1) is 0 Å². The lowest BCUT2D eigenvalue weighted by Gasteiger charge is -2.15. The maximum atomic E-state index is 2.24. The lowest BCUT2D eigenvalue weighted by atomic mass is 9.67. The molecule has 0 aromatic carbocycles. The Labute approximate surface area is 47.6 Å². The first-order valence-corrected chi connectivity index (χ1v) is 2.84. The molecule has 0 aromatic rings. The van der Waals surface area contributed by atoms with Crippen molar-refractivity contribution in [2.24, 2.45) is 5.41 Å². The van der Waals surface area contributed by atoms with Gasteiger partial charge in [0.05, 0.1) is 0 Å². The van der Waals surface area contributed by atoms with E-state index in [2.05, 4.69) is 34.9 Å². The van der Waals surface area contributed by atoms with E-state index in [0.717, 1.165) is 0 Å². The van der Waals surface area contributed by atoms with E-state index in [0.29, 0.717) is 5.41 Å². The van der Waals surface area contributed by atoms with Gasteiger partial charge in [0, 0.05) is 0 Å². The normalized spacial score (nSPS) is 11.4. The van der Waals surface area contributed by atoms with Crippen LogP contribution in [0.15, 0.2) is 0 Å². The fourth-order valence-corrected chi connectivity index (χ4v) is 0.612. The van der Waals surface area contributed by atoms with Crippen LogP contribution in [0.4, 0.5) is 0 Å². The van der Waals surface area contributed by atoms with Crippen LogP contribution in [0, 0.1) is 5.41 Å². The maximum absolute atomic E-state index is 2.24. The average molecular weight is 97.0 g/mol. The molecule has 0 nitrogen and oxygen atoms in total. The first kappa shape index (κ1) is 7.06. The minimum atomic E-state index is 0.495. The topological polar surface area (TPSA) is 0 Å². The molecule has 0 aliphatic heterocycles. The molecule has 0 fully saturated rings. The predicted molar refractivity (Wildman–Crippen MR) is 35.9 cm³/mol. The van der Waals surface area contributed by atoms with E-state index in [1.165, 1.54) is 6.32 Å². The molecular weight excluding hydrogens is 82.9 g/mol. The monoisotopic (exact) mass is 97.1 g/mol. The summed E-state index contributed by atoms with van der Waals surface area (Å²) in [7, 11) is 2.21. The second-order valence-corrected chi connectivity index (χ2v) is 3.17. The van der Waals surface area contributed by atoms with Crippen molar-refractivity contribution >= 4 is 7.28 Å². The van der Waals surface area contributed by atoms with E-state index in [-0.39, 0.29) is 0 Å².